The summed E-state index contributed by atoms with van der Waals surface area (Å²) in [7, 11) is 0. The van der Waals surface area contributed by atoms with Gasteiger partial charge in [-0.1, -0.05) is 61.5 Å². The lowest BCUT2D eigenvalue weighted by Gasteiger charge is -2.12. The van der Waals surface area contributed by atoms with Gasteiger partial charge in [-0.15, -0.1) is 0 Å². The zero-order chi connectivity index (χ0) is 16.8. The minimum absolute atomic E-state index is 0.0968. The average molecular weight is 318 g/mol. The summed E-state index contributed by atoms with van der Waals surface area (Å²) in [6.07, 6.45) is 3.11. The molecule has 0 fully saturated rings. The second kappa shape index (κ2) is 7.73. The van der Waals surface area contributed by atoms with Gasteiger partial charge in [-0.3, -0.25) is 9.78 Å². The van der Waals surface area contributed by atoms with E-state index in [9.17, 15) is 4.79 Å². The molecule has 3 aromatic rings. The molecule has 0 aliphatic rings. The number of hydrogen-bond donors (Lipinski definition) is 1. The van der Waals surface area contributed by atoms with Crippen molar-refractivity contribution in [1.29, 1.82) is 0 Å². The maximum Gasteiger partial charge on any atom is 0.220 e. The predicted octanol–water partition coefficient (Wildman–Crippen LogP) is 4.09. The van der Waals surface area contributed by atoms with Gasteiger partial charge in [0.2, 0.25) is 5.91 Å². The van der Waals surface area contributed by atoms with Crippen LogP contribution in [0.2, 0.25) is 0 Å². The maximum absolute atomic E-state index is 12.2. The molecule has 0 saturated heterocycles. The van der Waals surface area contributed by atoms with Crippen LogP contribution in [0.3, 0.4) is 0 Å². The third kappa shape index (κ3) is 3.99. The molecule has 3 heteroatoms. The van der Waals surface area contributed by atoms with E-state index in [4.69, 9.17) is 0 Å². The lowest BCUT2D eigenvalue weighted by Crippen LogP contribution is -2.26. The van der Waals surface area contributed by atoms with Gasteiger partial charge in [0, 0.05) is 24.5 Å². The van der Waals surface area contributed by atoms with Gasteiger partial charge in [-0.2, -0.15) is 0 Å². The number of carbonyl (C=O) groups is 1. The molecule has 24 heavy (non-hydrogen) atoms. The Kier molecular flexibility index (Phi) is 5.22. The van der Waals surface area contributed by atoms with E-state index in [1.54, 1.807) is 0 Å². The monoisotopic (exact) mass is 318 g/mol. The molecular formula is C21H22N2O. The van der Waals surface area contributed by atoms with Gasteiger partial charge < -0.3 is 5.32 Å². The standard InChI is InChI=1S/C21H22N2O/c1-16(17-7-3-2-4-8-17)15-20(24)22-14-12-19-10-5-9-18-11-6-13-23-21(18)19/h2-11,13,16H,12,14-15H2,1H3,(H,22,24). The Labute approximate surface area is 142 Å². The number of aromatic nitrogens is 1. The summed E-state index contributed by atoms with van der Waals surface area (Å²) in [6.45, 7) is 2.72. The first-order valence-electron chi connectivity index (χ1n) is 8.38. The van der Waals surface area contributed by atoms with Crippen molar-refractivity contribution in [2.75, 3.05) is 6.54 Å². The summed E-state index contributed by atoms with van der Waals surface area (Å²) in [4.78, 5) is 16.6. The summed E-state index contributed by atoms with van der Waals surface area (Å²) in [5.74, 6) is 0.324. The van der Waals surface area contributed by atoms with E-state index in [1.807, 2.05) is 36.5 Å². The fourth-order valence-electron chi connectivity index (χ4n) is 2.96. The molecule has 1 atom stereocenters. The Morgan fingerprint density at radius 2 is 1.83 bits per heavy atom. The van der Waals surface area contributed by atoms with E-state index in [0.717, 1.165) is 17.3 Å². The largest absolute Gasteiger partial charge is 0.356 e. The molecule has 1 N–H and O–H groups in total. The highest BCUT2D eigenvalue weighted by Gasteiger charge is 2.10. The molecule has 1 amide bonds. The lowest BCUT2D eigenvalue weighted by atomic mass is 9.97. The Bertz CT molecular complexity index is 809. The van der Waals surface area contributed by atoms with Crippen molar-refractivity contribution >= 4 is 16.8 Å². The van der Waals surface area contributed by atoms with E-state index < -0.39 is 0 Å². The number of benzene rings is 2. The van der Waals surface area contributed by atoms with Gasteiger partial charge in [0.05, 0.1) is 5.52 Å². The molecule has 1 aromatic heterocycles. The molecule has 0 aliphatic carbocycles. The van der Waals surface area contributed by atoms with Gasteiger partial charge in [0.25, 0.3) is 0 Å². The van der Waals surface area contributed by atoms with E-state index in [1.165, 1.54) is 11.1 Å². The Morgan fingerprint density at radius 1 is 1.04 bits per heavy atom. The molecule has 0 aliphatic heterocycles. The fourth-order valence-corrected chi connectivity index (χ4v) is 2.96. The number of nitrogens with zero attached hydrogens (tertiary/aromatic N) is 1. The normalized spacial score (nSPS) is 12.0. The predicted molar refractivity (Wildman–Crippen MR) is 97.9 cm³/mol. The smallest absolute Gasteiger partial charge is 0.220 e. The van der Waals surface area contributed by atoms with Crippen molar-refractivity contribution in [3.63, 3.8) is 0 Å². The summed E-state index contributed by atoms with van der Waals surface area (Å²) < 4.78 is 0. The average Bonchev–Trinajstić information content (AvgIpc) is 2.62. The molecule has 1 heterocycles. The van der Waals surface area contributed by atoms with Crippen molar-refractivity contribution in [1.82, 2.24) is 10.3 Å². The van der Waals surface area contributed by atoms with E-state index in [2.05, 4.69) is 47.6 Å². The zero-order valence-corrected chi connectivity index (χ0v) is 13.9. The number of amides is 1. The molecule has 1 unspecified atom stereocenters. The summed E-state index contributed by atoms with van der Waals surface area (Å²) in [5, 5.41) is 4.17. The van der Waals surface area contributed by atoms with E-state index >= 15 is 0 Å². The second-order valence-corrected chi connectivity index (χ2v) is 6.11. The SMILES string of the molecule is CC(CC(=O)NCCc1cccc2cccnc12)c1ccccc1. The third-order valence-corrected chi connectivity index (χ3v) is 4.29. The van der Waals surface area contributed by atoms with Crippen LogP contribution >= 0.6 is 0 Å². The Hall–Kier alpha value is -2.68. The molecule has 2 aromatic carbocycles. The van der Waals surface area contributed by atoms with Crippen LogP contribution in [0.15, 0.2) is 66.9 Å². The Morgan fingerprint density at radius 3 is 2.67 bits per heavy atom. The van der Waals surface area contributed by atoms with Crippen LogP contribution in [0.1, 0.15) is 30.4 Å². The number of carbonyl (C=O) groups excluding carboxylic acids is 1. The third-order valence-electron chi connectivity index (χ3n) is 4.29. The number of pyridine rings is 1. The molecule has 0 bridgehead atoms. The first-order valence-corrected chi connectivity index (χ1v) is 8.38. The van der Waals surface area contributed by atoms with Gasteiger partial charge in [0.1, 0.15) is 0 Å². The van der Waals surface area contributed by atoms with Crippen molar-refractivity contribution < 1.29 is 4.79 Å². The van der Waals surface area contributed by atoms with E-state index in [0.29, 0.717) is 13.0 Å². The molecule has 122 valence electrons. The topological polar surface area (TPSA) is 42.0 Å². The fraction of sp³-hybridized carbons (Fsp3) is 0.238. The highest BCUT2D eigenvalue weighted by atomic mass is 16.1. The molecule has 3 nitrogen and oxygen atoms in total. The summed E-state index contributed by atoms with van der Waals surface area (Å²) in [5.41, 5.74) is 3.39. The number of fused-ring (bicyclic) bond motifs is 1. The van der Waals surface area contributed by atoms with Gasteiger partial charge >= 0.3 is 0 Å². The van der Waals surface area contributed by atoms with Crippen molar-refractivity contribution in [3.8, 4) is 0 Å². The minimum Gasteiger partial charge on any atom is -0.356 e. The van der Waals surface area contributed by atoms with Crippen molar-refractivity contribution in [2.24, 2.45) is 0 Å². The van der Waals surface area contributed by atoms with Crippen molar-refractivity contribution in [3.05, 3.63) is 78.0 Å². The Balaban J connectivity index is 1.53. The minimum atomic E-state index is 0.0968. The maximum atomic E-state index is 12.2. The van der Waals surface area contributed by atoms with E-state index in [-0.39, 0.29) is 11.8 Å². The molecule has 0 saturated carbocycles. The highest BCUT2D eigenvalue weighted by molar-refractivity contribution is 5.81. The summed E-state index contributed by atoms with van der Waals surface area (Å²) >= 11 is 0. The van der Waals surface area contributed by atoms with Gasteiger partial charge in [-0.25, -0.2) is 0 Å². The van der Waals surface area contributed by atoms with Gasteiger partial charge in [0.15, 0.2) is 0 Å². The number of nitrogens with one attached hydrogen (secondary N) is 1. The quantitative estimate of drug-likeness (QED) is 0.744. The van der Waals surface area contributed by atoms with Crippen LogP contribution < -0.4 is 5.32 Å². The first kappa shape index (κ1) is 16.2. The van der Waals surface area contributed by atoms with Crippen LogP contribution in [0, 0.1) is 0 Å². The van der Waals surface area contributed by atoms with Crippen LogP contribution in [-0.4, -0.2) is 17.4 Å². The highest BCUT2D eigenvalue weighted by Crippen LogP contribution is 2.18. The number of hydrogen-bond acceptors (Lipinski definition) is 2. The van der Waals surface area contributed by atoms with Gasteiger partial charge in [-0.05, 0) is 29.5 Å². The lowest BCUT2D eigenvalue weighted by molar-refractivity contribution is -0.121. The van der Waals surface area contributed by atoms with Crippen LogP contribution in [0.4, 0.5) is 0 Å². The van der Waals surface area contributed by atoms with Crippen LogP contribution in [0.25, 0.3) is 10.9 Å². The molecule has 3 rings (SSSR count). The number of para-hydroxylation sites is 1. The van der Waals surface area contributed by atoms with Crippen LogP contribution in [0.5, 0.6) is 0 Å². The second-order valence-electron chi connectivity index (χ2n) is 6.11. The van der Waals surface area contributed by atoms with Crippen LogP contribution in [-0.2, 0) is 11.2 Å². The first-order chi connectivity index (χ1) is 11.7. The number of rotatable bonds is 6. The van der Waals surface area contributed by atoms with Crippen molar-refractivity contribution in [2.45, 2.75) is 25.7 Å². The molecule has 0 spiro atoms. The zero-order valence-electron chi connectivity index (χ0n) is 13.9. The molecular weight excluding hydrogens is 296 g/mol. The molecule has 0 radical (unpaired) electrons. The summed E-state index contributed by atoms with van der Waals surface area (Å²) in [6, 6.07) is 20.3.